The van der Waals surface area contributed by atoms with E-state index in [4.69, 9.17) is 20.4 Å². The molecule has 7 nitrogen and oxygen atoms in total. The molecule has 0 aliphatic heterocycles. The lowest BCUT2D eigenvalue weighted by Crippen LogP contribution is -2.49. The zero-order valence-corrected chi connectivity index (χ0v) is 8.28. The fraction of sp³-hybridized carbons (Fsp3) is 0.875. The van der Waals surface area contributed by atoms with Gasteiger partial charge in [-0.1, -0.05) is 0 Å². The van der Waals surface area contributed by atoms with Crippen molar-refractivity contribution in [3.05, 3.63) is 0 Å². The summed E-state index contributed by atoms with van der Waals surface area (Å²) in [5, 5.41) is 44.9. The summed E-state index contributed by atoms with van der Waals surface area (Å²) < 4.78 is 4.38. The van der Waals surface area contributed by atoms with Crippen LogP contribution in [0.4, 0.5) is 0 Å². The first-order valence-corrected chi connectivity index (χ1v) is 4.45. The molecule has 0 aromatic heterocycles. The summed E-state index contributed by atoms with van der Waals surface area (Å²) in [5.41, 5.74) is 0. The number of ether oxygens (including phenoxy) is 1. The van der Waals surface area contributed by atoms with E-state index in [1.165, 1.54) is 6.92 Å². The van der Waals surface area contributed by atoms with Crippen LogP contribution in [0.5, 0.6) is 0 Å². The van der Waals surface area contributed by atoms with Crippen LogP contribution < -0.4 is 0 Å². The number of carbonyl (C=O) groups excluding carboxylic acids is 1. The van der Waals surface area contributed by atoms with Crippen LogP contribution in [0.2, 0.25) is 0 Å². The maximum absolute atomic E-state index is 10.9. The minimum atomic E-state index is -1.96. The van der Waals surface area contributed by atoms with Crippen LogP contribution in [0.3, 0.4) is 0 Å². The predicted molar refractivity (Wildman–Crippen MR) is 47.7 cm³/mol. The van der Waals surface area contributed by atoms with E-state index in [0.717, 1.165) is 0 Å². The van der Waals surface area contributed by atoms with Crippen molar-refractivity contribution < 1.29 is 35.1 Å². The van der Waals surface area contributed by atoms with E-state index in [0.29, 0.717) is 0 Å². The highest BCUT2D eigenvalue weighted by Crippen LogP contribution is 2.06. The lowest BCUT2D eigenvalue weighted by atomic mass is 10.0. The van der Waals surface area contributed by atoms with Crippen LogP contribution >= 0.6 is 0 Å². The summed E-state index contributed by atoms with van der Waals surface area (Å²) in [6.07, 6.45) is -7.33. The maximum Gasteiger partial charge on any atom is 0.337 e. The number of hydrogen-bond donors (Lipinski definition) is 5. The molecule has 0 fully saturated rings. The Hall–Kier alpha value is -0.730. The van der Waals surface area contributed by atoms with Crippen molar-refractivity contribution in [2.45, 2.75) is 31.3 Å². The number of rotatable bonds is 6. The molecule has 0 spiro atoms. The molecule has 0 aliphatic rings. The zero-order chi connectivity index (χ0) is 12.0. The average Bonchev–Trinajstić information content (AvgIpc) is 2.25. The average molecular weight is 224 g/mol. The van der Waals surface area contributed by atoms with E-state index in [9.17, 15) is 9.90 Å². The largest absolute Gasteiger partial charge is 0.464 e. The third-order valence-corrected chi connectivity index (χ3v) is 1.78. The second-order valence-electron chi connectivity index (χ2n) is 2.93. The van der Waals surface area contributed by atoms with Gasteiger partial charge in [0.1, 0.15) is 18.3 Å². The second kappa shape index (κ2) is 6.70. The first-order valence-electron chi connectivity index (χ1n) is 4.45. The Bertz CT molecular complexity index is 195. The standard InChI is InChI=1S/C8H16O7/c1-2-15-8(14)7(13)6(12)5(11)4(10)3-9/h4-7,9-13H,2-3H2,1H3/t4-,5-,6-,7-/m1/s1. The van der Waals surface area contributed by atoms with Gasteiger partial charge in [-0.15, -0.1) is 0 Å². The van der Waals surface area contributed by atoms with Crippen molar-refractivity contribution in [2.75, 3.05) is 13.2 Å². The number of aliphatic hydroxyl groups is 5. The molecular formula is C8H16O7. The summed E-state index contributed by atoms with van der Waals surface area (Å²) >= 11 is 0. The summed E-state index contributed by atoms with van der Waals surface area (Å²) in [4.78, 5) is 10.9. The monoisotopic (exact) mass is 224 g/mol. The lowest BCUT2D eigenvalue weighted by Gasteiger charge is -2.24. The van der Waals surface area contributed by atoms with Gasteiger partial charge in [-0.05, 0) is 6.92 Å². The Labute approximate surface area is 86.5 Å². The van der Waals surface area contributed by atoms with Crippen molar-refractivity contribution >= 4 is 5.97 Å². The molecule has 15 heavy (non-hydrogen) atoms. The summed E-state index contributed by atoms with van der Waals surface area (Å²) in [5.74, 6) is -1.10. The van der Waals surface area contributed by atoms with E-state index >= 15 is 0 Å². The maximum atomic E-state index is 10.9. The molecule has 0 unspecified atom stereocenters. The van der Waals surface area contributed by atoms with Gasteiger partial charge in [-0.3, -0.25) is 0 Å². The van der Waals surface area contributed by atoms with Gasteiger partial charge in [0.25, 0.3) is 0 Å². The summed E-state index contributed by atoms with van der Waals surface area (Å²) in [6, 6.07) is 0. The Morgan fingerprint density at radius 2 is 1.73 bits per heavy atom. The lowest BCUT2D eigenvalue weighted by molar-refractivity contribution is -0.169. The van der Waals surface area contributed by atoms with Gasteiger partial charge < -0.3 is 30.3 Å². The number of aliphatic hydroxyl groups excluding tert-OH is 5. The van der Waals surface area contributed by atoms with Crippen molar-refractivity contribution in [2.24, 2.45) is 0 Å². The number of esters is 1. The molecule has 0 rings (SSSR count). The van der Waals surface area contributed by atoms with Crippen molar-refractivity contribution in [3.63, 3.8) is 0 Å². The van der Waals surface area contributed by atoms with E-state index in [1.54, 1.807) is 0 Å². The molecule has 5 N–H and O–H groups in total. The van der Waals surface area contributed by atoms with Gasteiger partial charge in [0.05, 0.1) is 13.2 Å². The topological polar surface area (TPSA) is 127 Å². The quantitative estimate of drug-likeness (QED) is 0.304. The molecule has 0 aromatic carbocycles. The van der Waals surface area contributed by atoms with E-state index in [-0.39, 0.29) is 6.61 Å². The van der Waals surface area contributed by atoms with Crippen LogP contribution in [-0.4, -0.2) is 69.1 Å². The van der Waals surface area contributed by atoms with Crippen LogP contribution in [-0.2, 0) is 9.53 Å². The zero-order valence-electron chi connectivity index (χ0n) is 8.28. The van der Waals surface area contributed by atoms with Gasteiger partial charge in [0.2, 0.25) is 0 Å². The van der Waals surface area contributed by atoms with Crippen molar-refractivity contribution in [3.8, 4) is 0 Å². The molecular weight excluding hydrogens is 208 g/mol. The van der Waals surface area contributed by atoms with Gasteiger partial charge in [0, 0.05) is 0 Å². The molecule has 0 heterocycles. The highest BCUT2D eigenvalue weighted by molar-refractivity contribution is 5.75. The normalized spacial score (nSPS) is 19.1. The second-order valence-corrected chi connectivity index (χ2v) is 2.93. The van der Waals surface area contributed by atoms with Crippen LogP contribution in [0.1, 0.15) is 6.92 Å². The molecule has 0 amide bonds. The molecule has 7 heteroatoms. The smallest absolute Gasteiger partial charge is 0.337 e. The highest BCUT2D eigenvalue weighted by atomic mass is 16.5. The number of hydrogen-bond acceptors (Lipinski definition) is 7. The Balaban J connectivity index is 4.29. The molecule has 4 atom stereocenters. The van der Waals surface area contributed by atoms with Gasteiger partial charge in [-0.25, -0.2) is 4.79 Å². The fourth-order valence-electron chi connectivity index (χ4n) is 0.889. The van der Waals surface area contributed by atoms with Crippen LogP contribution in [0.15, 0.2) is 0 Å². The van der Waals surface area contributed by atoms with Crippen molar-refractivity contribution in [1.82, 2.24) is 0 Å². The molecule has 0 aromatic rings. The molecule has 0 radical (unpaired) electrons. The van der Waals surface area contributed by atoms with Crippen LogP contribution in [0.25, 0.3) is 0 Å². The van der Waals surface area contributed by atoms with E-state index < -0.39 is 37.0 Å². The molecule has 0 saturated heterocycles. The van der Waals surface area contributed by atoms with E-state index in [1.807, 2.05) is 0 Å². The summed E-state index contributed by atoms with van der Waals surface area (Å²) in [6.45, 7) is 0.727. The predicted octanol–water partition coefficient (Wildman–Crippen LogP) is -3.01. The SMILES string of the molecule is CCOC(=O)[C@H](O)[C@H](O)[C@H](O)[C@H](O)CO. The Morgan fingerprint density at radius 3 is 2.13 bits per heavy atom. The molecule has 90 valence electrons. The fourth-order valence-corrected chi connectivity index (χ4v) is 0.889. The Morgan fingerprint density at radius 1 is 1.20 bits per heavy atom. The Kier molecular flexibility index (Phi) is 6.37. The van der Waals surface area contributed by atoms with Gasteiger partial charge in [-0.2, -0.15) is 0 Å². The van der Waals surface area contributed by atoms with E-state index in [2.05, 4.69) is 4.74 Å². The first kappa shape index (κ1) is 14.3. The molecule has 0 aliphatic carbocycles. The van der Waals surface area contributed by atoms with Crippen molar-refractivity contribution in [1.29, 1.82) is 0 Å². The molecule has 0 bridgehead atoms. The first-order chi connectivity index (χ1) is 6.95. The third kappa shape index (κ3) is 4.10. The van der Waals surface area contributed by atoms with Gasteiger partial charge >= 0.3 is 5.97 Å². The molecule has 0 saturated carbocycles. The third-order valence-electron chi connectivity index (χ3n) is 1.78. The van der Waals surface area contributed by atoms with Gasteiger partial charge in [0.15, 0.2) is 6.10 Å². The highest BCUT2D eigenvalue weighted by Gasteiger charge is 2.34. The minimum absolute atomic E-state index is 0.0151. The number of carbonyl (C=O) groups is 1. The summed E-state index contributed by atoms with van der Waals surface area (Å²) in [7, 11) is 0. The van der Waals surface area contributed by atoms with Crippen LogP contribution in [0, 0.1) is 0 Å². The minimum Gasteiger partial charge on any atom is -0.464 e.